The highest BCUT2D eigenvalue weighted by Crippen LogP contribution is 2.25. The molecule has 2 rings (SSSR count). The van der Waals surface area contributed by atoms with E-state index in [0.717, 1.165) is 5.75 Å². The molecule has 1 heterocycles. The van der Waals surface area contributed by atoms with E-state index in [9.17, 15) is 0 Å². The molecule has 1 aromatic carbocycles. The van der Waals surface area contributed by atoms with E-state index in [-0.39, 0.29) is 0 Å². The van der Waals surface area contributed by atoms with Gasteiger partial charge in [-0.25, -0.2) is 0 Å². The SMILES string of the molecule is SCc1cc2ccccc2s1. The molecule has 0 radical (unpaired) electrons. The van der Waals surface area contributed by atoms with Crippen LogP contribution in [0.2, 0.25) is 0 Å². The Morgan fingerprint density at radius 3 is 2.82 bits per heavy atom. The quantitative estimate of drug-likeness (QED) is 0.639. The molecule has 0 saturated heterocycles. The second-order valence-electron chi connectivity index (χ2n) is 2.41. The zero-order chi connectivity index (χ0) is 7.68. The van der Waals surface area contributed by atoms with Gasteiger partial charge in [-0.1, -0.05) is 18.2 Å². The zero-order valence-electron chi connectivity index (χ0n) is 5.95. The Balaban J connectivity index is 2.69. The molecule has 0 spiro atoms. The minimum Gasteiger partial charge on any atom is -0.174 e. The van der Waals surface area contributed by atoms with Crippen LogP contribution in [0.4, 0.5) is 0 Å². The summed E-state index contributed by atoms with van der Waals surface area (Å²) in [5.74, 6) is 0.847. The lowest BCUT2D eigenvalue weighted by Crippen LogP contribution is -1.60. The summed E-state index contributed by atoms with van der Waals surface area (Å²) >= 11 is 6.05. The standard InChI is InChI=1S/C9H8S2/c10-6-8-5-7-3-1-2-4-9(7)11-8/h1-5,10H,6H2. The molecule has 0 atom stereocenters. The van der Waals surface area contributed by atoms with Crippen LogP contribution in [-0.4, -0.2) is 0 Å². The molecule has 0 bridgehead atoms. The Hall–Kier alpha value is -0.470. The van der Waals surface area contributed by atoms with Crippen LogP contribution < -0.4 is 0 Å². The first kappa shape index (κ1) is 7.19. The number of hydrogen-bond acceptors (Lipinski definition) is 2. The zero-order valence-corrected chi connectivity index (χ0v) is 7.66. The van der Waals surface area contributed by atoms with Gasteiger partial charge in [-0.2, -0.15) is 12.6 Å². The maximum absolute atomic E-state index is 4.23. The summed E-state index contributed by atoms with van der Waals surface area (Å²) in [6.45, 7) is 0. The van der Waals surface area contributed by atoms with E-state index in [1.165, 1.54) is 15.0 Å². The van der Waals surface area contributed by atoms with Crippen molar-refractivity contribution < 1.29 is 0 Å². The first-order valence-corrected chi connectivity index (χ1v) is 4.93. The Kier molecular flexibility index (Phi) is 1.88. The Morgan fingerprint density at radius 2 is 2.09 bits per heavy atom. The van der Waals surface area contributed by atoms with Crippen LogP contribution in [0.1, 0.15) is 4.88 Å². The van der Waals surface area contributed by atoms with Crippen LogP contribution in [0.3, 0.4) is 0 Å². The van der Waals surface area contributed by atoms with Crippen molar-refractivity contribution in [2.45, 2.75) is 5.75 Å². The number of thiophene rings is 1. The third-order valence-electron chi connectivity index (χ3n) is 1.63. The molecule has 0 unspecified atom stereocenters. The van der Waals surface area contributed by atoms with Gasteiger partial charge in [0.15, 0.2) is 0 Å². The summed E-state index contributed by atoms with van der Waals surface area (Å²) in [5.41, 5.74) is 0. The smallest absolute Gasteiger partial charge is 0.0345 e. The topological polar surface area (TPSA) is 0 Å². The minimum absolute atomic E-state index is 0.847. The molecular formula is C9H8S2. The lowest BCUT2D eigenvalue weighted by atomic mass is 10.2. The summed E-state index contributed by atoms with van der Waals surface area (Å²) < 4.78 is 1.36. The lowest BCUT2D eigenvalue weighted by molar-refractivity contribution is 1.58. The molecule has 2 heteroatoms. The second kappa shape index (κ2) is 2.88. The van der Waals surface area contributed by atoms with Crippen molar-refractivity contribution in [2.75, 3.05) is 0 Å². The van der Waals surface area contributed by atoms with E-state index in [1.54, 1.807) is 0 Å². The molecule has 11 heavy (non-hydrogen) atoms. The van der Waals surface area contributed by atoms with Crippen molar-refractivity contribution in [3.05, 3.63) is 35.2 Å². The average Bonchev–Trinajstić information content (AvgIpc) is 2.46. The molecule has 0 saturated carbocycles. The van der Waals surface area contributed by atoms with Gasteiger partial charge in [0.05, 0.1) is 0 Å². The predicted molar refractivity (Wildman–Crippen MR) is 54.5 cm³/mol. The third-order valence-corrected chi connectivity index (χ3v) is 3.30. The van der Waals surface area contributed by atoms with Crippen molar-refractivity contribution in [3.63, 3.8) is 0 Å². The molecule has 56 valence electrons. The Labute approximate surface area is 75.3 Å². The summed E-state index contributed by atoms with van der Waals surface area (Å²) in [6.07, 6.45) is 0. The van der Waals surface area contributed by atoms with Crippen LogP contribution >= 0.6 is 24.0 Å². The Bertz CT molecular complexity index is 329. The fourth-order valence-corrected chi connectivity index (χ4v) is 2.32. The Morgan fingerprint density at radius 1 is 1.27 bits per heavy atom. The highest BCUT2D eigenvalue weighted by Gasteiger charge is 1.97. The van der Waals surface area contributed by atoms with Gasteiger partial charge in [-0.15, -0.1) is 11.3 Å². The highest BCUT2D eigenvalue weighted by atomic mass is 32.1. The van der Waals surface area contributed by atoms with Gasteiger partial charge in [-0.05, 0) is 17.5 Å². The van der Waals surface area contributed by atoms with Crippen LogP contribution in [0.25, 0.3) is 10.1 Å². The predicted octanol–water partition coefficient (Wildman–Crippen LogP) is 3.33. The second-order valence-corrected chi connectivity index (χ2v) is 3.89. The van der Waals surface area contributed by atoms with E-state index in [0.29, 0.717) is 0 Å². The lowest BCUT2D eigenvalue weighted by Gasteiger charge is -1.82. The van der Waals surface area contributed by atoms with Crippen LogP contribution in [0.5, 0.6) is 0 Å². The number of fused-ring (bicyclic) bond motifs is 1. The fraction of sp³-hybridized carbons (Fsp3) is 0.111. The molecule has 0 aliphatic heterocycles. The van der Waals surface area contributed by atoms with Crippen LogP contribution in [-0.2, 0) is 5.75 Å². The number of rotatable bonds is 1. The van der Waals surface area contributed by atoms with Crippen molar-refractivity contribution >= 4 is 34.1 Å². The van der Waals surface area contributed by atoms with Gasteiger partial charge in [0.1, 0.15) is 0 Å². The summed E-state index contributed by atoms with van der Waals surface area (Å²) in [6, 6.07) is 10.6. The molecule has 0 fully saturated rings. The maximum atomic E-state index is 4.23. The third kappa shape index (κ3) is 1.28. The number of thiol groups is 1. The van der Waals surface area contributed by atoms with E-state index < -0.39 is 0 Å². The molecule has 0 aliphatic rings. The average molecular weight is 180 g/mol. The molecule has 0 aliphatic carbocycles. The minimum atomic E-state index is 0.847. The maximum Gasteiger partial charge on any atom is 0.0345 e. The largest absolute Gasteiger partial charge is 0.174 e. The van der Waals surface area contributed by atoms with Crippen molar-refractivity contribution in [1.29, 1.82) is 0 Å². The number of hydrogen-bond donors (Lipinski definition) is 1. The van der Waals surface area contributed by atoms with Crippen molar-refractivity contribution in [1.82, 2.24) is 0 Å². The first-order valence-electron chi connectivity index (χ1n) is 3.48. The van der Waals surface area contributed by atoms with Gasteiger partial charge >= 0.3 is 0 Å². The van der Waals surface area contributed by atoms with E-state index in [2.05, 4.69) is 43.0 Å². The van der Waals surface area contributed by atoms with Crippen molar-refractivity contribution in [3.8, 4) is 0 Å². The highest BCUT2D eigenvalue weighted by molar-refractivity contribution is 7.79. The van der Waals surface area contributed by atoms with Crippen LogP contribution in [0, 0.1) is 0 Å². The molecule has 2 aromatic rings. The van der Waals surface area contributed by atoms with Crippen LogP contribution in [0.15, 0.2) is 30.3 Å². The van der Waals surface area contributed by atoms with Gasteiger partial charge in [0, 0.05) is 15.3 Å². The van der Waals surface area contributed by atoms with Gasteiger partial charge in [0.2, 0.25) is 0 Å². The van der Waals surface area contributed by atoms with E-state index in [4.69, 9.17) is 0 Å². The first-order chi connectivity index (χ1) is 5.40. The van der Waals surface area contributed by atoms with Crippen molar-refractivity contribution in [2.24, 2.45) is 0 Å². The number of benzene rings is 1. The molecule has 1 aromatic heterocycles. The van der Waals surface area contributed by atoms with E-state index in [1.807, 2.05) is 11.3 Å². The molecule has 0 N–H and O–H groups in total. The van der Waals surface area contributed by atoms with Gasteiger partial charge in [-0.3, -0.25) is 0 Å². The summed E-state index contributed by atoms with van der Waals surface area (Å²) in [7, 11) is 0. The monoisotopic (exact) mass is 180 g/mol. The van der Waals surface area contributed by atoms with E-state index >= 15 is 0 Å². The summed E-state index contributed by atoms with van der Waals surface area (Å²) in [5, 5.41) is 1.33. The normalized spacial score (nSPS) is 10.6. The molecule has 0 nitrogen and oxygen atoms in total. The fourth-order valence-electron chi connectivity index (χ4n) is 1.11. The van der Waals surface area contributed by atoms with Gasteiger partial charge < -0.3 is 0 Å². The van der Waals surface area contributed by atoms with Gasteiger partial charge in [0.25, 0.3) is 0 Å². The molecule has 0 amide bonds. The summed E-state index contributed by atoms with van der Waals surface area (Å²) in [4.78, 5) is 1.34. The molecular weight excluding hydrogens is 172 g/mol.